The molecule has 0 bridgehead atoms. The van der Waals surface area contributed by atoms with Crippen molar-refractivity contribution >= 4 is 39.1 Å². The fraction of sp³-hybridized carbons (Fsp3) is 0.368. The molecular formula is C19H21N3OS2. The van der Waals surface area contributed by atoms with Crippen LogP contribution in [-0.4, -0.2) is 17.1 Å². The van der Waals surface area contributed by atoms with Gasteiger partial charge in [0.05, 0.1) is 12.5 Å². The molecule has 0 saturated carbocycles. The molecule has 25 heavy (non-hydrogen) atoms. The van der Waals surface area contributed by atoms with Gasteiger partial charge in [0.15, 0.2) is 5.16 Å². The number of aryl methyl sites for hydroxylation is 1. The van der Waals surface area contributed by atoms with Crippen molar-refractivity contribution in [2.24, 2.45) is 5.92 Å². The third-order valence-electron chi connectivity index (χ3n) is 4.69. The van der Waals surface area contributed by atoms with E-state index in [-0.39, 0.29) is 0 Å². The lowest BCUT2D eigenvalue weighted by Gasteiger charge is -2.17. The number of thioether (sulfide) groups is 1. The summed E-state index contributed by atoms with van der Waals surface area (Å²) in [5, 5.41) is 1.85. The van der Waals surface area contributed by atoms with Crippen molar-refractivity contribution < 1.29 is 4.74 Å². The van der Waals surface area contributed by atoms with E-state index in [0.717, 1.165) is 45.6 Å². The number of ether oxygens (including phenoxy) is 1. The number of nitrogens with two attached hydrogens (primary N) is 1. The number of rotatable bonds is 4. The Morgan fingerprint density at radius 1 is 1.28 bits per heavy atom. The average molecular weight is 372 g/mol. The summed E-state index contributed by atoms with van der Waals surface area (Å²) in [4.78, 5) is 11.8. The van der Waals surface area contributed by atoms with Gasteiger partial charge in [-0.2, -0.15) is 0 Å². The molecule has 2 heterocycles. The van der Waals surface area contributed by atoms with Gasteiger partial charge in [0.1, 0.15) is 16.4 Å². The van der Waals surface area contributed by atoms with Crippen molar-refractivity contribution in [3.8, 4) is 5.75 Å². The number of nitrogen functional groups attached to an aromatic ring is 1. The largest absolute Gasteiger partial charge is 0.497 e. The Hall–Kier alpha value is -1.79. The molecule has 0 radical (unpaired) electrons. The van der Waals surface area contributed by atoms with Crippen molar-refractivity contribution in [3.05, 3.63) is 40.3 Å². The molecule has 2 N–H and O–H groups in total. The van der Waals surface area contributed by atoms with Crippen molar-refractivity contribution in [1.29, 1.82) is 0 Å². The zero-order chi connectivity index (χ0) is 17.4. The topological polar surface area (TPSA) is 61.0 Å². The summed E-state index contributed by atoms with van der Waals surface area (Å²) < 4.78 is 5.20. The molecule has 4 nitrogen and oxygen atoms in total. The SMILES string of the molecule is COc1ccc(CSc2nc(N)c3c4c(sc3n2)C[C@H](C)CC4)cc1. The Labute approximate surface area is 155 Å². The Morgan fingerprint density at radius 3 is 2.84 bits per heavy atom. The van der Waals surface area contributed by atoms with Crippen molar-refractivity contribution in [2.75, 3.05) is 12.8 Å². The first-order valence-electron chi connectivity index (χ1n) is 8.47. The predicted molar refractivity (Wildman–Crippen MR) is 106 cm³/mol. The fourth-order valence-electron chi connectivity index (χ4n) is 3.28. The maximum atomic E-state index is 6.29. The molecular weight excluding hydrogens is 350 g/mol. The van der Waals surface area contributed by atoms with Gasteiger partial charge in [0, 0.05) is 10.6 Å². The summed E-state index contributed by atoms with van der Waals surface area (Å²) in [6, 6.07) is 8.09. The van der Waals surface area contributed by atoms with Crippen LogP contribution in [0.15, 0.2) is 29.4 Å². The van der Waals surface area contributed by atoms with Crippen LogP contribution < -0.4 is 10.5 Å². The zero-order valence-corrected chi connectivity index (χ0v) is 16.0. The summed E-state index contributed by atoms with van der Waals surface area (Å²) >= 11 is 3.42. The number of methoxy groups -OCH3 is 1. The second-order valence-electron chi connectivity index (χ2n) is 6.56. The smallest absolute Gasteiger partial charge is 0.191 e. The van der Waals surface area contributed by atoms with Crippen molar-refractivity contribution in [3.63, 3.8) is 0 Å². The van der Waals surface area contributed by atoms with Crippen LogP contribution in [0.5, 0.6) is 5.75 Å². The summed E-state index contributed by atoms with van der Waals surface area (Å²) in [7, 11) is 1.68. The molecule has 0 saturated heterocycles. The van der Waals surface area contributed by atoms with Gasteiger partial charge in [-0.25, -0.2) is 9.97 Å². The quantitative estimate of drug-likeness (QED) is 0.532. The van der Waals surface area contributed by atoms with Gasteiger partial charge in [-0.1, -0.05) is 30.8 Å². The number of hydrogen-bond donors (Lipinski definition) is 1. The highest BCUT2D eigenvalue weighted by atomic mass is 32.2. The summed E-state index contributed by atoms with van der Waals surface area (Å²) in [5.41, 5.74) is 8.90. The number of anilines is 1. The van der Waals surface area contributed by atoms with E-state index in [9.17, 15) is 0 Å². The molecule has 0 fully saturated rings. The van der Waals surface area contributed by atoms with E-state index in [1.165, 1.54) is 22.4 Å². The maximum absolute atomic E-state index is 6.29. The predicted octanol–water partition coefficient (Wildman–Crippen LogP) is 4.70. The number of nitrogens with zero attached hydrogens (tertiary/aromatic N) is 2. The number of thiophene rings is 1. The van der Waals surface area contributed by atoms with Gasteiger partial charge in [0.25, 0.3) is 0 Å². The van der Waals surface area contributed by atoms with Crippen LogP contribution in [0.3, 0.4) is 0 Å². The Balaban J connectivity index is 1.58. The molecule has 1 atom stereocenters. The standard InChI is InChI=1S/C19H21N3OS2/c1-11-3-8-14-15(9-11)25-18-16(14)17(20)21-19(22-18)24-10-12-4-6-13(23-2)7-5-12/h4-7,11H,3,8-10H2,1-2H3,(H2,20,21,22)/t11-/m1/s1. The number of aromatic nitrogens is 2. The molecule has 3 aromatic rings. The molecule has 1 aliphatic carbocycles. The van der Waals surface area contributed by atoms with Gasteiger partial charge < -0.3 is 10.5 Å². The second kappa shape index (κ2) is 6.84. The summed E-state index contributed by atoms with van der Waals surface area (Å²) in [6.07, 6.45) is 3.47. The molecule has 0 amide bonds. The third kappa shape index (κ3) is 3.33. The lowest BCUT2D eigenvalue weighted by atomic mass is 9.89. The number of benzene rings is 1. The van der Waals surface area contributed by atoms with E-state index in [1.807, 2.05) is 12.1 Å². The molecule has 2 aromatic heterocycles. The van der Waals surface area contributed by atoms with E-state index in [2.05, 4.69) is 24.0 Å². The van der Waals surface area contributed by atoms with Gasteiger partial charge >= 0.3 is 0 Å². The Kier molecular flexibility index (Phi) is 4.56. The van der Waals surface area contributed by atoms with Gasteiger partial charge in [-0.3, -0.25) is 0 Å². The highest BCUT2D eigenvalue weighted by Crippen LogP contribution is 2.40. The molecule has 1 aromatic carbocycles. The zero-order valence-electron chi connectivity index (χ0n) is 14.4. The van der Waals surface area contributed by atoms with E-state index >= 15 is 0 Å². The van der Waals surface area contributed by atoms with E-state index < -0.39 is 0 Å². The van der Waals surface area contributed by atoms with Gasteiger partial charge in [0.2, 0.25) is 0 Å². The van der Waals surface area contributed by atoms with Gasteiger partial charge in [-0.05, 0) is 48.4 Å². The minimum Gasteiger partial charge on any atom is -0.497 e. The molecule has 0 unspecified atom stereocenters. The van der Waals surface area contributed by atoms with Crippen LogP contribution in [0.1, 0.15) is 29.3 Å². The lowest BCUT2D eigenvalue weighted by Crippen LogP contribution is -2.09. The highest BCUT2D eigenvalue weighted by Gasteiger charge is 2.23. The first-order valence-corrected chi connectivity index (χ1v) is 10.3. The number of hydrogen-bond acceptors (Lipinski definition) is 6. The first kappa shape index (κ1) is 16.7. The van der Waals surface area contributed by atoms with Crippen LogP contribution in [0.25, 0.3) is 10.2 Å². The van der Waals surface area contributed by atoms with Crippen LogP contribution in [0.4, 0.5) is 5.82 Å². The second-order valence-corrected chi connectivity index (χ2v) is 8.59. The van der Waals surface area contributed by atoms with Crippen molar-refractivity contribution in [2.45, 2.75) is 37.1 Å². The van der Waals surface area contributed by atoms with E-state index in [4.69, 9.17) is 15.5 Å². The molecule has 130 valence electrons. The normalized spacial score (nSPS) is 16.8. The van der Waals surface area contributed by atoms with Gasteiger partial charge in [-0.15, -0.1) is 11.3 Å². The third-order valence-corrected chi connectivity index (χ3v) is 6.76. The van der Waals surface area contributed by atoms with Crippen LogP contribution in [0.2, 0.25) is 0 Å². The van der Waals surface area contributed by atoms with E-state index in [0.29, 0.717) is 5.82 Å². The van der Waals surface area contributed by atoms with Crippen LogP contribution >= 0.6 is 23.1 Å². The lowest BCUT2D eigenvalue weighted by molar-refractivity contribution is 0.414. The Bertz CT molecular complexity index is 905. The summed E-state index contributed by atoms with van der Waals surface area (Å²) in [6.45, 7) is 2.32. The maximum Gasteiger partial charge on any atom is 0.191 e. The average Bonchev–Trinajstić information content (AvgIpc) is 2.98. The van der Waals surface area contributed by atoms with E-state index in [1.54, 1.807) is 30.2 Å². The van der Waals surface area contributed by atoms with Crippen LogP contribution in [-0.2, 0) is 18.6 Å². The monoisotopic (exact) mass is 371 g/mol. The first-order chi connectivity index (χ1) is 12.1. The summed E-state index contributed by atoms with van der Waals surface area (Å²) in [5.74, 6) is 3.07. The molecule has 0 aliphatic heterocycles. The molecule has 1 aliphatic rings. The number of fused-ring (bicyclic) bond motifs is 3. The molecule has 6 heteroatoms. The Morgan fingerprint density at radius 2 is 2.08 bits per heavy atom. The minimum absolute atomic E-state index is 0.634. The fourth-order valence-corrected chi connectivity index (χ4v) is 5.54. The highest BCUT2D eigenvalue weighted by molar-refractivity contribution is 7.98. The van der Waals surface area contributed by atoms with Crippen LogP contribution in [0, 0.1) is 5.92 Å². The molecule has 0 spiro atoms. The molecule has 4 rings (SSSR count). The minimum atomic E-state index is 0.634. The van der Waals surface area contributed by atoms with Crippen molar-refractivity contribution in [1.82, 2.24) is 9.97 Å².